The molecule has 0 aliphatic heterocycles. The zero-order chi connectivity index (χ0) is 13.9. The number of carbonyl (C=O) groups is 1. The number of hydrogen-bond donors (Lipinski definition) is 2. The number of halogens is 1. The predicted octanol–water partition coefficient (Wildman–Crippen LogP) is 2.25. The van der Waals surface area contributed by atoms with E-state index in [1.807, 2.05) is 0 Å². The molecule has 102 valence electrons. The number of carbonyl (C=O) groups excluding carboxylic acids is 1. The van der Waals surface area contributed by atoms with Crippen molar-refractivity contribution in [3.63, 3.8) is 0 Å². The first-order chi connectivity index (χ1) is 9.72. The summed E-state index contributed by atoms with van der Waals surface area (Å²) in [5.41, 5.74) is 0.577. The van der Waals surface area contributed by atoms with Crippen molar-refractivity contribution in [1.82, 2.24) is 15.3 Å². The summed E-state index contributed by atoms with van der Waals surface area (Å²) in [6.45, 7) is 0. The molecule has 1 heterocycles. The van der Waals surface area contributed by atoms with Crippen LogP contribution in [0.15, 0.2) is 36.7 Å². The van der Waals surface area contributed by atoms with Gasteiger partial charge in [0.15, 0.2) is 0 Å². The van der Waals surface area contributed by atoms with E-state index in [0.717, 1.165) is 12.8 Å². The maximum absolute atomic E-state index is 13.5. The summed E-state index contributed by atoms with van der Waals surface area (Å²) in [6.07, 6.45) is 4.83. The van der Waals surface area contributed by atoms with Crippen molar-refractivity contribution in [2.45, 2.75) is 18.9 Å². The second-order valence-corrected chi connectivity index (χ2v) is 4.64. The highest BCUT2D eigenvalue weighted by molar-refractivity contribution is 5.92. The van der Waals surface area contributed by atoms with E-state index in [9.17, 15) is 9.18 Å². The van der Waals surface area contributed by atoms with Crippen molar-refractivity contribution < 1.29 is 9.18 Å². The van der Waals surface area contributed by atoms with E-state index >= 15 is 0 Å². The Morgan fingerprint density at radius 3 is 2.65 bits per heavy atom. The first kappa shape index (κ1) is 12.5. The van der Waals surface area contributed by atoms with Gasteiger partial charge in [0, 0.05) is 6.04 Å². The minimum Gasteiger partial charge on any atom is -0.348 e. The molecule has 5 nitrogen and oxygen atoms in total. The first-order valence-electron chi connectivity index (χ1n) is 6.37. The molecule has 0 saturated heterocycles. The number of aromatic nitrogens is 2. The third-order valence-corrected chi connectivity index (χ3v) is 2.93. The van der Waals surface area contributed by atoms with E-state index in [0.29, 0.717) is 11.5 Å². The van der Waals surface area contributed by atoms with Crippen molar-refractivity contribution in [2.24, 2.45) is 0 Å². The molecule has 1 amide bonds. The monoisotopic (exact) mass is 272 g/mol. The van der Waals surface area contributed by atoms with Crippen molar-refractivity contribution >= 4 is 17.4 Å². The van der Waals surface area contributed by atoms with E-state index in [1.165, 1.54) is 18.5 Å². The zero-order valence-corrected chi connectivity index (χ0v) is 10.6. The molecule has 1 aliphatic carbocycles. The Morgan fingerprint density at radius 1 is 1.20 bits per heavy atom. The van der Waals surface area contributed by atoms with Crippen LogP contribution in [0.4, 0.5) is 15.9 Å². The lowest BCUT2D eigenvalue weighted by atomic mass is 10.3. The van der Waals surface area contributed by atoms with Crippen LogP contribution in [0.1, 0.15) is 23.3 Å². The van der Waals surface area contributed by atoms with Crippen LogP contribution in [-0.2, 0) is 0 Å². The molecule has 0 radical (unpaired) electrons. The highest BCUT2D eigenvalue weighted by atomic mass is 19.1. The fourth-order valence-corrected chi connectivity index (χ4v) is 1.70. The van der Waals surface area contributed by atoms with E-state index in [-0.39, 0.29) is 23.5 Å². The number of para-hydroxylation sites is 1. The Morgan fingerprint density at radius 2 is 2.00 bits per heavy atom. The molecule has 0 bridgehead atoms. The van der Waals surface area contributed by atoms with Crippen LogP contribution in [0, 0.1) is 5.82 Å². The molecule has 1 aromatic carbocycles. The minimum absolute atomic E-state index is 0.225. The fraction of sp³-hybridized carbons (Fsp3) is 0.214. The van der Waals surface area contributed by atoms with Crippen molar-refractivity contribution in [1.29, 1.82) is 0 Å². The van der Waals surface area contributed by atoms with Crippen LogP contribution in [0.3, 0.4) is 0 Å². The topological polar surface area (TPSA) is 66.9 Å². The number of hydrogen-bond acceptors (Lipinski definition) is 4. The highest BCUT2D eigenvalue weighted by Gasteiger charge is 2.24. The molecule has 1 aliphatic rings. The third-order valence-electron chi connectivity index (χ3n) is 2.93. The van der Waals surface area contributed by atoms with Gasteiger partial charge >= 0.3 is 0 Å². The minimum atomic E-state index is -0.371. The van der Waals surface area contributed by atoms with Gasteiger partial charge in [-0.3, -0.25) is 4.79 Å². The summed E-state index contributed by atoms with van der Waals surface area (Å²) < 4.78 is 13.5. The molecule has 6 heteroatoms. The largest absolute Gasteiger partial charge is 0.348 e. The molecular formula is C14H13FN4O. The van der Waals surface area contributed by atoms with Gasteiger partial charge in [-0.05, 0) is 25.0 Å². The molecule has 0 spiro atoms. The van der Waals surface area contributed by atoms with E-state index in [2.05, 4.69) is 20.6 Å². The average molecular weight is 272 g/mol. The summed E-state index contributed by atoms with van der Waals surface area (Å²) in [4.78, 5) is 19.8. The molecule has 20 heavy (non-hydrogen) atoms. The van der Waals surface area contributed by atoms with E-state index in [1.54, 1.807) is 18.2 Å². The molecule has 0 unspecified atom stereocenters. The van der Waals surface area contributed by atoms with E-state index in [4.69, 9.17) is 0 Å². The van der Waals surface area contributed by atoms with Crippen molar-refractivity contribution in [3.05, 3.63) is 48.2 Å². The van der Waals surface area contributed by atoms with Gasteiger partial charge in [-0.25, -0.2) is 14.4 Å². The van der Waals surface area contributed by atoms with Gasteiger partial charge in [-0.15, -0.1) is 0 Å². The third kappa shape index (κ3) is 2.90. The van der Waals surface area contributed by atoms with Crippen LogP contribution >= 0.6 is 0 Å². The standard InChI is InChI=1S/C14H13FN4O/c15-10-3-1-2-4-11(10)19-13-8-16-12(7-17-13)14(20)18-9-5-6-9/h1-4,7-9H,5-6H2,(H,17,19)(H,18,20). The highest BCUT2D eigenvalue weighted by Crippen LogP contribution is 2.19. The summed E-state index contributed by atoms with van der Waals surface area (Å²) in [7, 11) is 0. The Kier molecular flexibility index (Phi) is 3.28. The first-order valence-corrected chi connectivity index (χ1v) is 6.37. The molecule has 1 aromatic heterocycles. The zero-order valence-electron chi connectivity index (χ0n) is 10.6. The second kappa shape index (κ2) is 5.24. The lowest BCUT2D eigenvalue weighted by Crippen LogP contribution is -2.26. The fourth-order valence-electron chi connectivity index (χ4n) is 1.70. The summed E-state index contributed by atoms with van der Waals surface area (Å²) in [5, 5.41) is 5.64. The predicted molar refractivity (Wildman–Crippen MR) is 72.2 cm³/mol. The number of anilines is 2. The second-order valence-electron chi connectivity index (χ2n) is 4.64. The van der Waals surface area contributed by atoms with Crippen LogP contribution in [0.25, 0.3) is 0 Å². The summed E-state index contributed by atoms with van der Waals surface area (Å²) in [5.74, 6) is -0.208. The van der Waals surface area contributed by atoms with Gasteiger partial charge in [0.25, 0.3) is 5.91 Å². The van der Waals surface area contributed by atoms with Crippen LogP contribution in [0.5, 0.6) is 0 Å². The number of nitrogens with zero attached hydrogens (tertiary/aromatic N) is 2. The van der Waals surface area contributed by atoms with E-state index < -0.39 is 0 Å². The number of benzene rings is 1. The smallest absolute Gasteiger partial charge is 0.271 e. The Balaban J connectivity index is 1.69. The molecule has 3 rings (SSSR count). The van der Waals surface area contributed by atoms with Gasteiger partial charge in [0.05, 0.1) is 18.1 Å². The van der Waals surface area contributed by atoms with Gasteiger partial charge in [0.1, 0.15) is 17.3 Å². The molecular weight excluding hydrogens is 259 g/mol. The average Bonchev–Trinajstić information content (AvgIpc) is 3.26. The van der Waals surface area contributed by atoms with Crippen LogP contribution in [-0.4, -0.2) is 21.9 Å². The molecule has 1 saturated carbocycles. The van der Waals surface area contributed by atoms with Crippen LogP contribution in [0.2, 0.25) is 0 Å². The Labute approximate surface area is 115 Å². The van der Waals surface area contributed by atoms with Gasteiger partial charge in [-0.2, -0.15) is 0 Å². The van der Waals surface area contributed by atoms with Crippen LogP contribution < -0.4 is 10.6 Å². The SMILES string of the molecule is O=C(NC1CC1)c1cnc(Nc2ccccc2F)cn1. The molecule has 0 atom stereocenters. The van der Waals surface area contributed by atoms with Gasteiger partial charge < -0.3 is 10.6 Å². The Hall–Kier alpha value is -2.50. The summed E-state index contributed by atoms with van der Waals surface area (Å²) >= 11 is 0. The quantitative estimate of drug-likeness (QED) is 0.895. The van der Waals surface area contributed by atoms with Crippen molar-refractivity contribution in [2.75, 3.05) is 5.32 Å². The Bertz CT molecular complexity index is 625. The maximum atomic E-state index is 13.5. The summed E-state index contributed by atoms with van der Waals surface area (Å²) in [6, 6.07) is 6.56. The van der Waals surface area contributed by atoms with Crippen molar-refractivity contribution in [3.8, 4) is 0 Å². The molecule has 2 aromatic rings. The molecule has 1 fully saturated rings. The normalized spacial score (nSPS) is 13.8. The maximum Gasteiger partial charge on any atom is 0.271 e. The lowest BCUT2D eigenvalue weighted by molar-refractivity contribution is 0.0945. The lowest BCUT2D eigenvalue weighted by Gasteiger charge is -2.07. The van der Waals surface area contributed by atoms with Gasteiger partial charge in [0.2, 0.25) is 0 Å². The molecule has 2 N–H and O–H groups in total. The number of rotatable bonds is 4. The number of amides is 1. The van der Waals surface area contributed by atoms with Gasteiger partial charge in [-0.1, -0.05) is 12.1 Å². The number of nitrogens with one attached hydrogen (secondary N) is 2.